The minimum atomic E-state index is -4.59. The maximum Gasteiger partial charge on any atom is 0.357 e. The average Bonchev–Trinajstić information content (AvgIpc) is 3.06. The highest BCUT2D eigenvalue weighted by Gasteiger charge is 2.32. The van der Waals surface area contributed by atoms with Crippen LogP contribution in [0.2, 0.25) is 0 Å². The first kappa shape index (κ1) is 22.4. The van der Waals surface area contributed by atoms with Crippen molar-refractivity contribution in [2.75, 3.05) is 0 Å². The molecule has 0 aliphatic carbocycles. The standard InChI is InChI=1S/C21H17N3O7S2/c1-14-3-8-17(9-4-14)32(28,29)22-19-12-7-16(24(26)27)13-20(19)23(21(22)25)33(30,31)18-10-5-15(2)6-11-18/h3-13H,1-2H3. The first-order valence-corrected chi connectivity index (χ1v) is 12.4. The predicted octanol–water partition coefficient (Wildman–Crippen LogP) is 2.80. The number of nitrogens with zero attached hydrogens (tertiary/aromatic N) is 3. The number of hydrogen-bond donors (Lipinski definition) is 0. The van der Waals surface area contributed by atoms with Crippen molar-refractivity contribution >= 4 is 36.8 Å². The molecular weight excluding hydrogens is 470 g/mol. The third-order valence-electron chi connectivity index (χ3n) is 5.07. The minimum absolute atomic E-state index is 0.236. The Balaban J connectivity index is 2.12. The van der Waals surface area contributed by atoms with Crippen molar-refractivity contribution in [3.05, 3.63) is 98.5 Å². The number of benzene rings is 3. The van der Waals surface area contributed by atoms with Crippen LogP contribution in [0, 0.1) is 24.0 Å². The molecule has 0 N–H and O–H groups in total. The Morgan fingerprint density at radius 1 is 0.697 bits per heavy atom. The zero-order valence-electron chi connectivity index (χ0n) is 17.4. The molecule has 0 saturated carbocycles. The lowest BCUT2D eigenvalue weighted by Crippen LogP contribution is -2.33. The Labute approximate surface area is 188 Å². The van der Waals surface area contributed by atoms with Gasteiger partial charge in [-0.05, 0) is 44.2 Å². The van der Waals surface area contributed by atoms with Gasteiger partial charge in [0.25, 0.3) is 25.7 Å². The third kappa shape index (κ3) is 3.62. The molecule has 0 unspecified atom stereocenters. The second-order valence-corrected chi connectivity index (χ2v) is 11.0. The number of non-ortho nitro benzene ring substituents is 1. The minimum Gasteiger partial charge on any atom is -0.258 e. The van der Waals surface area contributed by atoms with Gasteiger partial charge >= 0.3 is 5.69 Å². The van der Waals surface area contributed by atoms with E-state index in [-0.39, 0.29) is 19.3 Å². The smallest absolute Gasteiger partial charge is 0.258 e. The third-order valence-corrected chi connectivity index (χ3v) is 8.48. The first-order chi connectivity index (χ1) is 15.4. The van der Waals surface area contributed by atoms with Crippen molar-refractivity contribution in [2.24, 2.45) is 0 Å². The summed E-state index contributed by atoms with van der Waals surface area (Å²) in [5, 5.41) is 11.3. The summed E-state index contributed by atoms with van der Waals surface area (Å²) in [5.74, 6) is 0. The van der Waals surface area contributed by atoms with E-state index in [9.17, 15) is 31.7 Å². The van der Waals surface area contributed by atoms with Crippen LogP contribution in [0.1, 0.15) is 11.1 Å². The number of aryl methyl sites for hydroxylation is 2. The van der Waals surface area contributed by atoms with E-state index in [0.29, 0.717) is 3.97 Å². The van der Waals surface area contributed by atoms with E-state index in [1.165, 1.54) is 48.5 Å². The fourth-order valence-electron chi connectivity index (χ4n) is 3.34. The van der Waals surface area contributed by atoms with Gasteiger partial charge in [-0.2, -0.15) is 7.94 Å². The molecule has 0 aliphatic rings. The van der Waals surface area contributed by atoms with E-state index in [4.69, 9.17) is 0 Å². The van der Waals surface area contributed by atoms with Gasteiger partial charge in [0.05, 0.1) is 25.7 Å². The van der Waals surface area contributed by atoms with Crippen molar-refractivity contribution in [1.82, 2.24) is 7.94 Å². The van der Waals surface area contributed by atoms with Gasteiger partial charge in [0, 0.05) is 12.1 Å². The number of rotatable bonds is 5. The molecule has 0 amide bonds. The molecule has 4 aromatic rings. The molecule has 33 heavy (non-hydrogen) atoms. The number of hydrogen-bond acceptors (Lipinski definition) is 7. The highest BCUT2D eigenvalue weighted by molar-refractivity contribution is 7.91. The fraction of sp³-hybridized carbons (Fsp3) is 0.0952. The number of imidazole rings is 1. The second kappa shape index (κ2) is 7.67. The van der Waals surface area contributed by atoms with Crippen LogP contribution in [0.5, 0.6) is 0 Å². The molecule has 1 heterocycles. The van der Waals surface area contributed by atoms with Crippen LogP contribution in [-0.2, 0) is 20.0 Å². The van der Waals surface area contributed by atoms with E-state index in [1.807, 2.05) is 0 Å². The Kier molecular flexibility index (Phi) is 5.21. The molecule has 4 rings (SSSR count). The molecule has 0 atom stereocenters. The van der Waals surface area contributed by atoms with Crippen molar-refractivity contribution in [3.8, 4) is 0 Å². The van der Waals surface area contributed by atoms with Crippen LogP contribution >= 0.6 is 0 Å². The number of nitro benzene ring substituents is 1. The molecule has 170 valence electrons. The van der Waals surface area contributed by atoms with Gasteiger partial charge < -0.3 is 0 Å². The lowest BCUT2D eigenvalue weighted by Gasteiger charge is -2.07. The van der Waals surface area contributed by atoms with E-state index in [1.54, 1.807) is 13.8 Å². The fourth-order valence-corrected chi connectivity index (χ4v) is 6.17. The summed E-state index contributed by atoms with van der Waals surface area (Å²) in [6.07, 6.45) is 0. The summed E-state index contributed by atoms with van der Waals surface area (Å²) >= 11 is 0. The van der Waals surface area contributed by atoms with Gasteiger partial charge in [-0.25, -0.2) is 21.6 Å². The number of nitro groups is 1. The molecule has 0 saturated heterocycles. The highest BCUT2D eigenvalue weighted by atomic mass is 32.2. The SMILES string of the molecule is Cc1ccc(S(=O)(=O)n2c(=O)n(S(=O)(=O)c3ccc(C)cc3)c3cc([N+](=O)[O-])ccc32)cc1. The topological polar surface area (TPSA) is 138 Å². The van der Waals surface area contributed by atoms with E-state index in [2.05, 4.69) is 0 Å². The van der Waals surface area contributed by atoms with Crippen LogP contribution in [-0.4, -0.2) is 29.7 Å². The summed E-state index contributed by atoms with van der Waals surface area (Å²) in [4.78, 5) is 23.4. The van der Waals surface area contributed by atoms with E-state index in [0.717, 1.165) is 29.3 Å². The maximum atomic E-state index is 13.4. The molecule has 0 fully saturated rings. The molecule has 12 heteroatoms. The normalized spacial score (nSPS) is 12.2. The van der Waals surface area contributed by atoms with Gasteiger partial charge in [0.2, 0.25) is 0 Å². The van der Waals surface area contributed by atoms with Crippen LogP contribution in [0.25, 0.3) is 11.0 Å². The summed E-state index contributed by atoms with van der Waals surface area (Å²) in [7, 11) is -9.11. The molecule has 10 nitrogen and oxygen atoms in total. The van der Waals surface area contributed by atoms with Gasteiger partial charge in [-0.3, -0.25) is 10.1 Å². The number of fused-ring (bicyclic) bond motifs is 1. The van der Waals surface area contributed by atoms with Crippen LogP contribution in [0.3, 0.4) is 0 Å². The lowest BCUT2D eigenvalue weighted by atomic mass is 10.2. The summed E-state index contributed by atoms with van der Waals surface area (Å²) < 4.78 is 54.1. The maximum absolute atomic E-state index is 13.4. The lowest BCUT2D eigenvalue weighted by molar-refractivity contribution is -0.384. The molecule has 0 radical (unpaired) electrons. The zero-order chi connectivity index (χ0) is 24.1. The molecular formula is C21H17N3O7S2. The summed E-state index contributed by atoms with van der Waals surface area (Å²) in [5.41, 5.74) is -1.07. The second-order valence-electron chi connectivity index (χ2n) is 7.38. The van der Waals surface area contributed by atoms with Crippen LogP contribution in [0.4, 0.5) is 5.69 Å². The Bertz CT molecular complexity index is 1680. The van der Waals surface area contributed by atoms with E-state index >= 15 is 0 Å². The van der Waals surface area contributed by atoms with Crippen LogP contribution < -0.4 is 5.69 Å². The summed E-state index contributed by atoms with van der Waals surface area (Å²) in [6, 6.07) is 14.1. The quantitative estimate of drug-likeness (QED) is 0.312. The summed E-state index contributed by atoms with van der Waals surface area (Å²) in [6.45, 7) is 3.49. The van der Waals surface area contributed by atoms with Crippen molar-refractivity contribution in [1.29, 1.82) is 0 Å². The molecule has 0 bridgehead atoms. The van der Waals surface area contributed by atoms with Crippen molar-refractivity contribution in [3.63, 3.8) is 0 Å². The predicted molar refractivity (Wildman–Crippen MR) is 120 cm³/mol. The monoisotopic (exact) mass is 487 g/mol. The van der Waals surface area contributed by atoms with Crippen molar-refractivity contribution < 1.29 is 21.8 Å². The van der Waals surface area contributed by atoms with Gasteiger partial charge in [0.15, 0.2) is 0 Å². The molecule has 0 aliphatic heterocycles. The molecule has 3 aromatic carbocycles. The average molecular weight is 488 g/mol. The molecule has 1 aromatic heterocycles. The van der Waals surface area contributed by atoms with Crippen LogP contribution in [0.15, 0.2) is 81.3 Å². The molecule has 0 spiro atoms. The Morgan fingerprint density at radius 2 is 1.12 bits per heavy atom. The van der Waals surface area contributed by atoms with Gasteiger partial charge in [0.1, 0.15) is 0 Å². The number of aromatic nitrogens is 2. The zero-order valence-corrected chi connectivity index (χ0v) is 19.0. The van der Waals surface area contributed by atoms with Crippen molar-refractivity contribution in [2.45, 2.75) is 23.6 Å². The van der Waals surface area contributed by atoms with E-state index < -0.39 is 41.9 Å². The first-order valence-electron chi connectivity index (χ1n) is 9.51. The van der Waals surface area contributed by atoms with Gasteiger partial charge in [-0.15, -0.1) is 0 Å². The highest BCUT2D eigenvalue weighted by Crippen LogP contribution is 2.27. The Morgan fingerprint density at radius 3 is 1.55 bits per heavy atom. The van der Waals surface area contributed by atoms with Gasteiger partial charge in [-0.1, -0.05) is 35.4 Å². The largest absolute Gasteiger partial charge is 0.357 e. The Hall–Kier alpha value is -3.77.